The molecule has 0 fully saturated rings. The Balaban J connectivity index is 1.92. The first-order valence-electron chi connectivity index (χ1n) is 5.12. The third kappa shape index (κ3) is 3.24. The summed E-state index contributed by atoms with van der Waals surface area (Å²) in [6, 6.07) is 3.83. The van der Waals surface area contributed by atoms with E-state index in [1.807, 2.05) is 0 Å². The van der Waals surface area contributed by atoms with Crippen LogP contribution in [0.25, 0.3) is 0 Å². The van der Waals surface area contributed by atoms with E-state index < -0.39 is 5.82 Å². The van der Waals surface area contributed by atoms with Gasteiger partial charge in [-0.2, -0.15) is 0 Å². The molecular weight excluding hydrogens is 255 g/mol. The number of thioether (sulfide) groups is 1. The van der Waals surface area contributed by atoms with Gasteiger partial charge < -0.3 is 16.0 Å². The van der Waals surface area contributed by atoms with E-state index in [0.29, 0.717) is 10.8 Å². The predicted molar refractivity (Wildman–Crippen MR) is 68.8 cm³/mol. The Morgan fingerprint density at radius 2 is 2.39 bits per heavy atom. The second-order valence-electron chi connectivity index (χ2n) is 3.46. The first-order valence-corrected chi connectivity index (χ1v) is 6.11. The van der Waals surface area contributed by atoms with E-state index in [2.05, 4.69) is 15.3 Å². The van der Waals surface area contributed by atoms with Crippen molar-refractivity contribution in [2.45, 2.75) is 5.16 Å². The number of halogens is 1. The number of nitrogens with one attached hydrogen (secondary N) is 2. The standard InChI is InChI=1S/C11H11FN4OS/c12-7-1-2-8(13)9(5-7)16-10(17)6-18-11-14-3-4-15-11/h1-5H,6,13H2,(H,14,15)(H,16,17). The highest BCUT2D eigenvalue weighted by molar-refractivity contribution is 7.99. The number of nitrogens with zero attached hydrogens (tertiary/aromatic N) is 1. The second-order valence-corrected chi connectivity index (χ2v) is 4.43. The van der Waals surface area contributed by atoms with Crippen molar-refractivity contribution in [1.29, 1.82) is 0 Å². The molecule has 4 N–H and O–H groups in total. The fourth-order valence-electron chi connectivity index (χ4n) is 1.29. The van der Waals surface area contributed by atoms with Crippen LogP contribution in [0, 0.1) is 5.82 Å². The first-order chi connectivity index (χ1) is 8.65. The Morgan fingerprint density at radius 1 is 1.56 bits per heavy atom. The second kappa shape index (κ2) is 5.54. The molecule has 0 aliphatic rings. The molecule has 2 rings (SSSR count). The molecule has 2 aromatic rings. The summed E-state index contributed by atoms with van der Waals surface area (Å²) >= 11 is 1.25. The molecule has 0 unspecified atom stereocenters. The zero-order valence-electron chi connectivity index (χ0n) is 9.31. The monoisotopic (exact) mass is 266 g/mol. The number of nitrogens with two attached hydrogens (primary N) is 1. The summed E-state index contributed by atoms with van der Waals surface area (Å²) in [5.74, 6) is -0.546. The van der Waals surface area contributed by atoms with Crippen LogP contribution in [0.2, 0.25) is 0 Å². The van der Waals surface area contributed by atoms with Gasteiger partial charge >= 0.3 is 0 Å². The van der Waals surface area contributed by atoms with E-state index in [-0.39, 0.29) is 17.3 Å². The Kier molecular flexibility index (Phi) is 3.83. The van der Waals surface area contributed by atoms with E-state index in [0.717, 1.165) is 0 Å². The van der Waals surface area contributed by atoms with Crippen LogP contribution < -0.4 is 11.1 Å². The smallest absolute Gasteiger partial charge is 0.234 e. The molecule has 1 aromatic carbocycles. The molecule has 1 aromatic heterocycles. The van der Waals surface area contributed by atoms with E-state index in [1.165, 1.54) is 30.0 Å². The predicted octanol–water partition coefficient (Wildman–Crippen LogP) is 1.86. The molecule has 5 nitrogen and oxygen atoms in total. The highest BCUT2D eigenvalue weighted by atomic mass is 32.2. The van der Waals surface area contributed by atoms with Crippen LogP contribution >= 0.6 is 11.8 Å². The van der Waals surface area contributed by atoms with Crippen LogP contribution in [0.1, 0.15) is 0 Å². The Bertz CT molecular complexity index is 544. The maximum Gasteiger partial charge on any atom is 0.234 e. The van der Waals surface area contributed by atoms with Gasteiger partial charge in [0.05, 0.1) is 17.1 Å². The molecule has 0 spiro atoms. The van der Waals surface area contributed by atoms with Crippen molar-refractivity contribution in [2.75, 3.05) is 16.8 Å². The highest BCUT2D eigenvalue weighted by Crippen LogP contribution is 2.20. The number of imidazole rings is 1. The van der Waals surface area contributed by atoms with Crippen molar-refractivity contribution in [3.05, 3.63) is 36.4 Å². The third-order valence-electron chi connectivity index (χ3n) is 2.10. The van der Waals surface area contributed by atoms with Crippen LogP contribution in [0.5, 0.6) is 0 Å². The molecule has 0 atom stereocenters. The van der Waals surface area contributed by atoms with Crippen molar-refractivity contribution in [1.82, 2.24) is 9.97 Å². The molecule has 0 saturated carbocycles. The molecule has 0 bridgehead atoms. The molecule has 0 aliphatic carbocycles. The number of carbonyl (C=O) groups is 1. The molecule has 0 aliphatic heterocycles. The molecule has 0 saturated heterocycles. The summed E-state index contributed by atoms with van der Waals surface area (Å²) < 4.78 is 13.0. The molecular formula is C11H11FN4OS. The molecule has 7 heteroatoms. The average Bonchev–Trinajstić information content (AvgIpc) is 2.84. The van der Waals surface area contributed by atoms with Crippen molar-refractivity contribution in [2.24, 2.45) is 0 Å². The maximum atomic E-state index is 13.0. The lowest BCUT2D eigenvalue weighted by Crippen LogP contribution is -2.15. The number of hydrogen-bond donors (Lipinski definition) is 3. The van der Waals surface area contributed by atoms with E-state index in [1.54, 1.807) is 12.4 Å². The van der Waals surface area contributed by atoms with Gasteiger partial charge in [0, 0.05) is 12.4 Å². The number of aromatic nitrogens is 2. The topological polar surface area (TPSA) is 83.8 Å². The number of amides is 1. The Labute approximate surface area is 107 Å². The summed E-state index contributed by atoms with van der Waals surface area (Å²) in [7, 11) is 0. The summed E-state index contributed by atoms with van der Waals surface area (Å²) in [5.41, 5.74) is 6.23. The fourth-order valence-corrected chi connectivity index (χ4v) is 1.91. The zero-order valence-corrected chi connectivity index (χ0v) is 10.1. The number of anilines is 2. The van der Waals surface area contributed by atoms with Crippen molar-refractivity contribution in [3.63, 3.8) is 0 Å². The van der Waals surface area contributed by atoms with Gasteiger partial charge in [0.25, 0.3) is 0 Å². The summed E-state index contributed by atoms with van der Waals surface area (Å²) in [6.07, 6.45) is 3.27. The molecule has 94 valence electrons. The van der Waals surface area contributed by atoms with Crippen LogP contribution in [-0.2, 0) is 4.79 Å². The van der Waals surface area contributed by atoms with Gasteiger partial charge in [0.1, 0.15) is 5.82 Å². The number of nitrogen functional groups attached to an aromatic ring is 1. The SMILES string of the molecule is Nc1ccc(F)cc1NC(=O)CSc1ncc[nH]1. The average molecular weight is 266 g/mol. The van der Waals surface area contributed by atoms with E-state index in [9.17, 15) is 9.18 Å². The van der Waals surface area contributed by atoms with Gasteiger partial charge in [0.2, 0.25) is 5.91 Å². The minimum absolute atomic E-state index is 0.170. The largest absolute Gasteiger partial charge is 0.397 e. The molecule has 18 heavy (non-hydrogen) atoms. The Morgan fingerprint density at radius 3 is 3.11 bits per heavy atom. The zero-order chi connectivity index (χ0) is 13.0. The number of carbonyl (C=O) groups excluding carboxylic acids is 1. The van der Waals surface area contributed by atoms with Crippen LogP contribution in [0.15, 0.2) is 35.7 Å². The third-order valence-corrected chi connectivity index (χ3v) is 3.01. The van der Waals surface area contributed by atoms with Gasteiger partial charge in [-0.15, -0.1) is 0 Å². The summed E-state index contributed by atoms with van der Waals surface area (Å²) in [5, 5.41) is 3.20. The highest BCUT2D eigenvalue weighted by Gasteiger charge is 2.07. The number of hydrogen-bond acceptors (Lipinski definition) is 4. The lowest BCUT2D eigenvalue weighted by atomic mass is 10.2. The van der Waals surface area contributed by atoms with Gasteiger partial charge in [-0.1, -0.05) is 11.8 Å². The lowest BCUT2D eigenvalue weighted by molar-refractivity contribution is -0.113. The molecule has 1 heterocycles. The first kappa shape index (κ1) is 12.4. The maximum absolute atomic E-state index is 13.0. The van der Waals surface area contributed by atoms with Gasteiger partial charge in [-0.05, 0) is 18.2 Å². The van der Waals surface area contributed by atoms with Gasteiger partial charge in [0.15, 0.2) is 5.16 Å². The molecule has 0 radical (unpaired) electrons. The number of H-pyrrole nitrogens is 1. The van der Waals surface area contributed by atoms with Crippen molar-refractivity contribution < 1.29 is 9.18 Å². The number of rotatable bonds is 4. The van der Waals surface area contributed by atoms with Crippen molar-refractivity contribution >= 4 is 29.0 Å². The van der Waals surface area contributed by atoms with Crippen molar-refractivity contribution in [3.8, 4) is 0 Å². The lowest BCUT2D eigenvalue weighted by Gasteiger charge is -2.07. The number of aromatic amines is 1. The van der Waals surface area contributed by atoms with Crippen LogP contribution in [0.4, 0.5) is 15.8 Å². The normalized spacial score (nSPS) is 10.3. The number of benzene rings is 1. The van der Waals surface area contributed by atoms with Crippen LogP contribution in [0.3, 0.4) is 0 Å². The quantitative estimate of drug-likeness (QED) is 0.582. The Hall–Kier alpha value is -2.02. The summed E-state index contributed by atoms with van der Waals surface area (Å²) in [6.45, 7) is 0. The minimum Gasteiger partial charge on any atom is -0.397 e. The van der Waals surface area contributed by atoms with Gasteiger partial charge in [-0.3, -0.25) is 4.79 Å². The molecule has 1 amide bonds. The van der Waals surface area contributed by atoms with Gasteiger partial charge in [-0.25, -0.2) is 9.37 Å². The van der Waals surface area contributed by atoms with E-state index in [4.69, 9.17) is 5.73 Å². The summed E-state index contributed by atoms with van der Waals surface area (Å²) in [4.78, 5) is 18.5. The van der Waals surface area contributed by atoms with Crippen LogP contribution in [-0.4, -0.2) is 21.6 Å². The minimum atomic E-state index is -0.446. The van der Waals surface area contributed by atoms with E-state index >= 15 is 0 Å². The fraction of sp³-hybridized carbons (Fsp3) is 0.0909.